The molecule has 0 aromatic carbocycles. The molecule has 9 heteroatoms. The van der Waals surface area contributed by atoms with Crippen LogP contribution in [-0.2, 0) is 18.4 Å². The molecule has 8 nitrogen and oxygen atoms in total. The third-order valence-electron chi connectivity index (χ3n) is 16.9. The maximum atomic E-state index is 13.1. The van der Waals surface area contributed by atoms with Gasteiger partial charge in [0.25, 0.3) is 0 Å². The Hall–Kier alpha value is -2.06. The molecule has 3 unspecified atom stereocenters. The van der Waals surface area contributed by atoms with Crippen LogP contribution in [0.5, 0.6) is 0 Å². The minimum Gasteiger partial charge on any atom is -0.387 e. The normalized spacial score (nSPS) is 14.0. The number of likely N-dealkylation sites (N-methyl/N-ethyl adjacent to an activating group) is 1. The minimum absolute atomic E-state index is 0.0568. The molecule has 3 N–H and O–H groups in total. The van der Waals surface area contributed by atoms with Crippen molar-refractivity contribution < 1.29 is 32.9 Å². The first-order chi connectivity index (χ1) is 42.0. The van der Waals surface area contributed by atoms with Gasteiger partial charge in [0.1, 0.15) is 13.2 Å². The molecule has 0 aliphatic rings. The number of phosphoric acid groups is 1. The van der Waals surface area contributed by atoms with Crippen LogP contribution in [0.25, 0.3) is 0 Å². The van der Waals surface area contributed by atoms with E-state index in [9.17, 15) is 19.4 Å². The predicted octanol–water partition coefficient (Wildman–Crippen LogP) is 24.1. The molecule has 0 saturated carbocycles. The zero-order chi connectivity index (χ0) is 62.6. The molecule has 0 radical (unpaired) electrons. The van der Waals surface area contributed by atoms with Crippen molar-refractivity contribution in [1.82, 2.24) is 5.32 Å². The molecular weight excluding hydrogens is 1080 g/mol. The van der Waals surface area contributed by atoms with Crippen LogP contribution in [0.2, 0.25) is 0 Å². The van der Waals surface area contributed by atoms with Crippen molar-refractivity contribution in [2.24, 2.45) is 0 Å². The molecule has 0 aromatic heterocycles. The number of nitrogens with zero attached hydrogens (tertiary/aromatic N) is 1. The number of hydrogen-bond donors (Lipinski definition) is 3. The van der Waals surface area contributed by atoms with Crippen molar-refractivity contribution in [3.8, 4) is 0 Å². The molecule has 1 amide bonds. The number of hydrogen-bond acceptors (Lipinski definition) is 5. The third kappa shape index (κ3) is 69.4. The molecule has 0 heterocycles. The zero-order valence-corrected chi connectivity index (χ0v) is 58.7. The molecule has 0 fully saturated rings. The number of rotatable bonds is 69. The maximum Gasteiger partial charge on any atom is 0.472 e. The summed E-state index contributed by atoms with van der Waals surface area (Å²) in [6, 6.07) is -0.865. The first-order valence-corrected chi connectivity index (χ1v) is 38.8. The van der Waals surface area contributed by atoms with E-state index in [-0.39, 0.29) is 19.1 Å². The van der Waals surface area contributed by atoms with Crippen molar-refractivity contribution in [2.75, 3.05) is 40.9 Å². The molecule has 0 aromatic rings. The highest BCUT2D eigenvalue weighted by molar-refractivity contribution is 7.47. The Bertz CT molecular complexity index is 1630. The highest BCUT2D eigenvalue weighted by Gasteiger charge is 2.28. The highest BCUT2D eigenvalue weighted by Crippen LogP contribution is 2.43. The fraction of sp³-hybridized carbons (Fsp3) is 0.831. The van der Waals surface area contributed by atoms with E-state index in [1.54, 1.807) is 6.08 Å². The Morgan fingerprint density at radius 2 is 0.709 bits per heavy atom. The molecule has 504 valence electrons. The number of allylic oxidation sites excluding steroid dienone is 11. The number of amides is 1. The average Bonchev–Trinajstić information content (AvgIpc) is 3.70. The van der Waals surface area contributed by atoms with E-state index in [4.69, 9.17) is 9.05 Å². The maximum absolute atomic E-state index is 13.1. The lowest BCUT2D eigenvalue weighted by Gasteiger charge is -2.25. The average molecular weight is 1230 g/mol. The van der Waals surface area contributed by atoms with Gasteiger partial charge in [-0.15, -0.1) is 0 Å². The minimum atomic E-state index is -4.36. The number of quaternary nitrogens is 1. The van der Waals surface area contributed by atoms with E-state index >= 15 is 0 Å². The quantitative estimate of drug-likeness (QED) is 0.0243. The number of carbonyl (C=O) groups excluding carboxylic acids is 1. The van der Waals surface area contributed by atoms with Crippen molar-refractivity contribution in [1.29, 1.82) is 0 Å². The van der Waals surface area contributed by atoms with Gasteiger partial charge in [-0.3, -0.25) is 13.8 Å². The van der Waals surface area contributed by atoms with Crippen molar-refractivity contribution in [3.05, 3.63) is 72.9 Å². The van der Waals surface area contributed by atoms with Crippen molar-refractivity contribution >= 4 is 13.7 Å². The van der Waals surface area contributed by atoms with E-state index in [1.807, 2.05) is 27.2 Å². The number of unbranched alkanes of at least 4 members (excludes halogenated alkanes) is 46. The summed E-state index contributed by atoms with van der Waals surface area (Å²) in [4.78, 5) is 23.4. The van der Waals surface area contributed by atoms with Gasteiger partial charge in [0, 0.05) is 6.42 Å². The second-order valence-corrected chi connectivity index (χ2v) is 28.1. The summed E-state index contributed by atoms with van der Waals surface area (Å²) in [7, 11) is 1.57. The number of aliphatic hydroxyl groups excluding tert-OH is 1. The summed E-state index contributed by atoms with van der Waals surface area (Å²) < 4.78 is 23.8. The number of aliphatic hydroxyl groups is 1. The third-order valence-corrected chi connectivity index (χ3v) is 17.9. The Morgan fingerprint density at radius 1 is 0.407 bits per heavy atom. The van der Waals surface area contributed by atoms with Crippen LogP contribution in [-0.4, -0.2) is 73.4 Å². The Labute approximate surface area is 535 Å². The van der Waals surface area contributed by atoms with E-state index in [1.165, 1.54) is 276 Å². The Kier molecular flexibility index (Phi) is 65.7. The van der Waals surface area contributed by atoms with Crippen LogP contribution >= 0.6 is 7.82 Å². The first kappa shape index (κ1) is 83.9. The van der Waals surface area contributed by atoms with Crippen LogP contribution in [0.3, 0.4) is 0 Å². The lowest BCUT2D eigenvalue weighted by molar-refractivity contribution is -0.870. The summed E-state index contributed by atoms with van der Waals surface area (Å²) in [5.41, 5.74) is 0. The fourth-order valence-electron chi connectivity index (χ4n) is 11.2. The monoisotopic (exact) mass is 1230 g/mol. The molecule has 3 atom stereocenters. The van der Waals surface area contributed by atoms with Crippen LogP contribution in [0.15, 0.2) is 72.9 Å². The largest absolute Gasteiger partial charge is 0.472 e. The zero-order valence-electron chi connectivity index (χ0n) is 57.8. The van der Waals surface area contributed by atoms with Gasteiger partial charge in [-0.05, 0) is 70.6 Å². The standard InChI is InChI=1S/C77H145N2O6P/c1-6-8-10-12-14-16-18-20-22-24-26-28-30-32-33-34-35-36-37-38-39-40-41-42-43-44-45-47-49-51-53-55-57-59-61-63-65-67-69-71-77(81)78-75(74-85-86(82,83)84-73-72-79(3,4)5)76(80)70-68-66-64-62-60-58-56-54-52-50-48-46-31-29-27-25-23-21-19-17-15-13-11-9-7-2/h8,10,14,16,20,22,26,28,60,62,68,70,75-76,80H,6-7,9,11-13,15,17-19,21,23-25,27,29-59,61,63-67,69,71-74H2,1-5H3,(H-,78,81,82,83)/p+1/b10-8-,16-14-,22-20-,28-26-,62-60+,70-68+. The molecule has 86 heavy (non-hydrogen) atoms. The number of nitrogens with one attached hydrogen (secondary N) is 1. The molecular formula is C77H146N2O6P+. The summed E-state index contributed by atoms with van der Waals surface area (Å²) in [6.45, 7) is 4.73. The fourth-order valence-corrected chi connectivity index (χ4v) is 11.9. The van der Waals surface area contributed by atoms with Crippen molar-refractivity contribution in [3.63, 3.8) is 0 Å². The van der Waals surface area contributed by atoms with Gasteiger partial charge in [0.2, 0.25) is 5.91 Å². The summed E-state index contributed by atoms with van der Waals surface area (Å²) >= 11 is 0. The lowest BCUT2D eigenvalue weighted by atomic mass is 10.0. The smallest absolute Gasteiger partial charge is 0.387 e. The van der Waals surface area contributed by atoms with Crippen LogP contribution in [0.1, 0.15) is 361 Å². The molecule has 0 saturated heterocycles. The SMILES string of the molecule is CC/C=C\C/C=C\C/C=C\C/C=C\CCCCCCCCCCCCCCCCCCCCCCCCCCCCC(=O)NC(COP(=O)(O)OCC[N+](C)(C)C)C(O)/C=C/CC/C=C/CCCCCCCCCCCCCCCCCCCCC. The van der Waals surface area contributed by atoms with Gasteiger partial charge < -0.3 is 19.8 Å². The van der Waals surface area contributed by atoms with Crippen LogP contribution < -0.4 is 5.32 Å². The summed E-state index contributed by atoms with van der Waals surface area (Å²) in [5, 5.41) is 14.0. The van der Waals surface area contributed by atoms with E-state index in [0.717, 1.165) is 64.2 Å². The molecule has 0 spiro atoms. The van der Waals surface area contributed by atoms with Gasteiger partial charge in [-0.1, -0.05) is 356 Å². The van der Waals surface area contributed by atoms with Gasteiger partial charge in [-0.25, -0.2) is 4.57 Å². The lowest BCUT2D eigenvalue weighted by Crippen LogP contribution is -2.45. The number of phosphoric ester groups is 1. The Balaban J connectivity index is 3.98. The topological polar surface area (TPSA) is 105 Å². The van der Waals surface area contributed by atoms with E-state index < -0.39 is 20.0 Å². The predicted molar refractivity (Wildman–Crippen MR) is 378 cm³/mol. The molecule has 0 aliphatic carbocycles. The van der Waals surface area contributed by atoms with Gasteiger partial charge >= 0.3 is 7.82 Å². The number of carbonyl (C=O) groups is 1. The highest BCUT2D eigenvalue weighted by atomic mass is 31.2. The van der Waals surface area contributed by atoms with Crippen molar-refractivity contribution in [2.45, 2.75) is 373 Å². The summed E-state index contributed by atoms with van der Waals surface area (Å²) in [6.07, 6.45) is 95.1. The second-order valence-electron chi connectivity index (χ2n) is 26.6. The van der Waals surface area contributed by atoms with Gasteiger partial charge in [0.05, 0.1) is 39.9 Å². The summed E-state index contributed by atoms with van der Waals surface area (Å²) in [5.74, 6) is -0.180. The van der Waals surface area contributed by atoms with Crippen LogP contribution in [0.4, 0.5) is 0 Å². The van der Waals surface area contributed by atoms with Crippen LogP contribution in [0, 0.1) is 0 Å². The molecule has 0 bridgehead atoms. The van der Waals surface area contributed by atoms with Gasteiger partial charge in [-0.2, -0.15) is 0 Å². The Morgan fingerprint density at radius 3 is 1.07 bits per heavy atom. The molecule has 0 rings (SSSR count). The second kappa shape index (κ2) is 67.3. The van der Waals surface area contributed by atoms with E-state index in [2.05, 4.69) is 79.9 Å². The van der Waals surface area contributed by atoms with E-state index in [0.29, 0.717) is 17.4 Å². The molecule has 0 aliphatic heterocycles. The van der Waals surface area contributed by atoms with Gasteiger partial charge in [0.15, 0.2) is 0 Å². The first-order valence-electron chi connectivity index (χ1n) is 37.3.